The number of methoxy groups -OCH3 is 1. The maximum absolute atomic E-state index is 13.2. The zero-order valence-corrected chi connectivity index (χ0v) is 17.6. The first-order valence-corrected chi connectivity index (χ1v) is 10.3. The summed E-state index contributed by atoms with van der Waals surface area (Å²) < 4.78 is 44.8. The molecule has 3 aromatic rings. The first-order chi connectivity index (χ1) is 15.8. The molecule has 0 heterocycles. The van der Waals surface area contributed by atoms with Crippen molar-refractivity contribution in [2.24, 2.45) is 5.92 Å². The number of carbonyl (C=O) groups excluding carboxylic acids is 2. The standard InChI is InChI=1S/C25H21F3N2O3/c1-33-18-12-10-17(11-13-18)29-23(31)15-6-8-16(9-7-15)30-24(32)21-14-20(21)19-4-2-3-5-22(19)25(26,27)28/h2-13,20-21H,14H2,1H3,(H,29,31)(H,30,32). The molecule has 2 atom stereocenters. The first kappa shape index (κ1) is 22.4. The molecule has 4 rings (SSSR count). The van der Waals surface area contributed by atoms with E-state index >= 15 is 0 Å². The van der Waals surface area contributed by atoms with Gasteiger partial charge in [-0.05, 0) is 72.5 Å². The Hall–Kier alpha value is -3.81. The zero-order chi connectivity index (χ0) is 23.6. The molecule has 5 nitrogen and oxygen atoms in total. The summed E-state index contributed by atoms with van der Waals surface area (Å²) in [4.78, 5) is 25.0. The van der Waals surface area contributed by atoms with Crippen LogP contribution >= 0.6 is 0 Å². The van der Waals surface area contributed by atoms with Gasteiger partial charge in [0.05, 0.1) is 12.7 Å². The molecule has 1 aliphatic rings. The fourth-order valence-electron chi connectivity index (χ4n) is 3.72. The Labute approximate surface area is 188 Å². The average molecular weight is 454 g/mol. The zero-order valence-electron chi connectivity index (χ0n) is 17.6. The summed E-state index contributed by atoms with van der Waals surface area (Å²) in [6, 6.07) is 18.6. The number of halogens is 3. The summed E-state index contributed by atoms with van der Waals surface area (Å²) >= 11 is 0. The maximum Gasteiger partial charge on any atom is 0.416 e. The summed E-state index contributed by atoms with van der Waals surface area (Å²) in [5, 5.41) is 5.49. The van der Waals surface area contributed by atoms with Crippen molar-refractivity contribution in [3.63, 3.8) is 0 Å². The Morgan fingerprint density at radius 1 is 0.879 bits per heavy atom. The monoisotopic (exact) mass is 454 g/mol. The van der Waals surface area contributed by atoms with Gasteiger partial charge in [0.2, 0.25) is 5.91 Å². The van der Waals surface area contributed by atoms with Gasteiger partial charge in [-0.2, -0.15) is 13.2 Å². The molecular weight excluding hydrogens is 433 g/mol. The van der Waals surface area contributed by atoms with Crippen LogP contribution in [0, 0.1) is 5.92 Å². The number of nitrogens with one attached hydrogen (secondary N) is 2. The predicted molar refractivity (Wildman–Crippen MR) is 118 cm³/mol. The van der Waals surface area contributed by atoms with Gasteiger partial charge in [0.15, 0.2) is 0 Å². The molecule has 2 unspecified atom stereocenters. The predicted octanol–water partition coefficient (Wildman–Crippen LogP) is 5.71. The van der Waals surface area contributed by atoms with E-state index in [1.54, 1.807) is 61.7 Å². The van der Waals surface area contributed by atoms with E-state index in [0.29, 0.717) is 29.1 Å². The van der Waals surface area contributed by atoms with Crippen molar-refractivity contribution in [3.8, 4) is 5.75 Å². The Kier molecular flexibility index (Phi) is 6.09. The Morgan fingerprint density at radius 2 is 1.48 bits per heavy atom. The Bertz CT molecular complexity index is 1160. The van der Waals surface area contributed by atoms with Crippen LogP contribution in [0.15, 0.2) is 72.8 Å². The number of rotatable bonds is 6. The second-order valence-corrected chi connectivity index (χ2v) is 7.78. The number of anilines is 2. The number of amides is 2. The van der Waals surface area contributed by atoms with Crippen molar-refractivity contribution < 1.29 is 27.5 Å². The molecule has 0 radical (unpaired) electrons. The molecule has 2 amide bonds. The van der Waals surface area contributed by atoms with Crippen molar-refractivity contribution >= 4 is 23.2 Å². The summed E-state index contributed by atoms with van der Waals surface area (Å²) in [5.41, 5.74) is 0.924. The molecule has 1 saturated carbocycles. The summed E-state index contributed by atoms with van der Waals surface area (Å²) in [6.07, 6.45) is -4.09. The van der Waals surface area contributed by atoms with Crippen LogP contribution in [0.5, 0.6) is 5.75 Å². The molecular formula is C25H21F3N2O3. The molecule has 3 aromatic carbocycles. The molecule has 0 spiro atoms. The minimum absolute atomic E-state index is 0.149. The van der Waals surface area contributed by atoms with Crippen molar-refractivity contribution in [1.29, 1.82) is 0 Å². The molecule has 0 bridgehead atoms. The van der Waals surface area contributed by atoms with Gasteiger partial charge < -0.3 is 15.4 Å². The fraction of sp³-hybridized carbons (Fsp3) is 0.200. The molecule has 0 saturated heterocycles. The Morgan fingerprint density at radius 3 is 2.12 bits per heavy atom. The SMILES string of the molecule is COc1ccc(NC(=O)c2ccc(NC(=O)C3CC3c3ccccc3C(F)(F)F)cc2)cc1. The lowest BCUT2D eigenvalue weighted by molar-refractivity contribution is -0.138. The number of carbonyl (C=O) groups is 2. The van der Waals surface area contributed by atoms with E-state index in [0.717, 1.165) is 6.07 Å². The highest BCUT2D eigenvalue weighted by Crippen LogP contribution is 2.51. The second kappa shape index (κ2) is 8.97. The third-order valence-corrected chi connectivity index (χ3v) is 5.56. The van der Waals surface area contributed by atoms with E-state index in [1.165, 1.54) is 12.1 Å². The molecule has 2 N–H and O–H groups in total. The van der Waals surface area contributed by atoms with Gasteiger partial charge in [0, 0.05) is 22.9 Å². The van der Waals surface area contributed by atoms with Crippen LogP contribution < -0.4 is 15.4 Å². The highest BCUT2D eigenvalue weighted by Gasteiger charge is 2.47. The van der Waals surface area contributed by atoms with Crippen molar-refractivity contribution in [1.82, 2.24) is 0 Å². The van der Waals surface area contributed by atoms with Gasteiger partial charge in [-0.15, -0.1) is 0 Å². The van der Waals surface area contributed by atoms with E-state index in [-0.39, 0.29) is 17.4 Å². The second-order valence-electron chi connectivity index (χ2n) is 7.78. The van der Waals surface area contributed by atoms with Crippen LogP contribution in [-0.4, -0.2) is 18.9 Å². The first-order valence-electron chi connectivity index (χ1n) is 10.3. The van der Waals surface area contributed by atoms with Crippen molar-refractivity contribution in [2.45, 2.75) is 18.5 Å². The highest BCUT2D eigenvalue weighted by atomic mass is 19.4. The number of ether oxygens (including phenoxy) is 1. The Balaban J connectivity index is 1.36. The molecule has 0 aromatic heterocycles. The lowest BCUT2D eigenvalue weighted by Gasteiger charge is -2.12. The molecule has 33 heavy (non-hydrogen) atoms. The van der Waals surface area contributed by atoms with E-state index in [2.05, 4.69) is 10.6 Å². The minimum atomic E-state index is -4.46. The lowest BCUT2D eigenvalue weighted by atomic mass is 10.0. The molecule has 8 heteroatoms. The van der Waals surface area contributed by atoms with Crippen LogP contribution in [0.2, 0.25) is 0 Å². The normalized spacial score (nSPS) is 17.2. The number of hydrogen-bond donors (Lipinski definition) is 2. The molecule has 0 aliphatic heterocycles. The van der Waals surface area contributed by atoms with E-state index in [9.17, 15) is 22.8 Å². The molecule has 170 valence electrons. The van der Waals surface area contributed by atoms with Crippen molar-refractivity contribution in [2.75, 3.05) is 17.7 Å². The number of hydrogen-bond acceptors (Lipinski definition) is 3. The summed E-state index contributed by atoms with van der Waals surface area (Å²) in [7, 11) is 1.55. The third-order valence-electron chi connectivity index (χ3n) is 5.56. The number of benzene rings is 3. The quantitative estimate of drug-likeness (QED) is 0.502. The molecule has 1 aliphatic carbocycles. The number of alkyl halides is 3. The van der Waals surface area contributed by atoms with Gasteiger partial charge in [-0.3, -0.25) is 9.59 Å². The summed E-state index contributed by atoms with van der Waals surface area (Å²) in [5.74, 6) is -0.965. The van der Waals surface area contributed by atoms with Gasteiger partial charge in [0.25, 0.3) is 5.91 Å². The van der Waals surface area contributed by atoms with Crippen LogP contribution in [0.3, 0.4) is 0 Å². The van der Waals surface area contributed by atoms with E-state index in [4.69, 9.17) is 4.74 Å². The van der Waals surface area contributed by atoms with Crippen LogP contribution in [-0.2, 0) is 11.0 Å². The van der Waals surface area contributed by atoms with Gasteiger partial charge in [-0.25, -0.2) is 0 Å². The summed E-state index contributed by atoms with van der Waals surface area (Å²) in [6.45, 7) is 0. The molecule has 1 fully saturated rings. The maximum atomic E-state index is 13.2. The van der Waals surface area contributed by atoms with E-state index in [1.807, 2.05) is 0 Å². The van der Waals surface area contributed by atoms with Crippen LogP contribution in [0.25, 0.3) is 0 Å². The largest absolute Gasteiger partial charge is 0.497 e. The minimum Gasteiger partial charge on any atom is -0.497 e. The van der Waals surface area contributed by atoms with Crippen molar-refractivity contribution in [3.05, 3.63) is 89.5 Å². The smallest absolute Gasteiger partial charge is 0.416 e. The lowest BCUT2D eigenvalue weighted by Crippen LogP contribution is -2.16. The van der Waals surface area contributed by atoms with Gasteiger partial charge in [-0.1, -0.05) is 18.2 Å². The topological polar surface area (TPSA) is 67.4 Å². The fourth-order valence-corrected chi connectivity index (χ4v) is 3.72. The third kappa shape index (κ3) is 5.16. The van der Waals surface area contributed by atoms with E-state index < -0.39 is 23.6 Å². The van der Waals surface area contributed by atoms with Gasteiger partial charge in [0.1, 0.15) is 5.75 Å². The highest BCUT2D eigenvalue weighted by molar-refractivity contribution is 6.04. The van der Waals surface area contributed by atoms with Gasteiger partial charge >= 0.3 is 6.18 Å². The average Bonchev–Trinajstić information content (AvgIpc) is 3.60. The van der Waals surface area contributed by atoms with Crippen LogP contribution in [0.4, 0.5) is 24.5 Å². The van der Waals surface area contributed by atoms with Crippen LogP contribution in [0.1, 0.15) is 33.8 Å².